The third kappa shape index (κ3) is 3.91. The van der Waals surface area contributed by atoms with E-state index in [0.717, 1.165) is 0 Å². The van der Waals surface area contributed by atoms with Gasteiger partial charge in [-0.15, -0.1) is 0 Å². The van der Waals surface area contributed by atoms with Crippen molar-refractivity contribution in [2.24, 2.45) is 0 Å². The van der Waals surface area contributed by atoms with Crippen LogP contribution in [0.4, 0.5) is 0 Å². The molecule has 1 rings (SSSR count). The number of rotatable bonds is 5. The quantitative estimate of drug-likeness (QED) is 0.668. The summed E-state index contributed by atoms with van der Waals surface area (Å²) in [5.41, 5.74) is 0. The molecule has 0 aromatic heterocycles. The molecule has 1 heterocycles. The maximum Gasteiger partial charge on any atom is 0.303 e. The van der Waals surface area contributed by atoms with Gasteiger partial charge in [0.2, 0.25) is 0 Å². The van der Waals surface area contributed by atoms with Crippen LogP contribution in [0.3, 0.4) is 0 Å². The molecule has 6 nitrogen and oxygen atoms in total. The molecule has 0 spiro atoms. The molecule has 0 saturated carbocycles. The van der Waals surface area contributed by atoms with Crippen LogP contribution in [0, 0.1) is 0 Å². The minimum absolute atomic E-state index is 0.00548. The van der Waals surface area contributed by atoms with Crippen molar-refractivity contribution < 1.29 is 29.6 Å². The Morgan fingerprint density at radius 3 is 2.72 bits per heavy atom. The van der Waals surface area contributed by atoms with Crippen molar-refractivity contribution in [2.75, 3.05) is 0 Å². The van der Waals surface area contributed by atoms with Crippen molar-refractivity contribution >= 4 is 5.97 Å². The second-order valence-electron chi connectivity index (χ2n) is 5.02. The van der Waals surface area contributed by atoms with E-state index in [0.29, 0.717) is 6.42 Å². The van der Waals surface area contributed by atoms with Gasteiger partial charge in [0.1, 0.15) is 6.10 Å². The van der Waals surface area contributed by atoms with Gasteiger partial charge in [-0.1, -0.05) is 0 Å². The van der Waals surface area contributed by atoms with Crippen LogP contribution in [0.5, 0.6) is 0 Å². The van der Waals surface area contributed by atoms with E-state index < -0.39 is 30.1 Å². The molecular formula is C12H22O6. The van der Waals surface area contributed by atoms with Gasteiger partial charge in [0.15, 0.2) is 5.79 Å². The Labute approximate surface area is 107 Å². The number of carboxylic acid groups (broad SMARTS) is 1. The van der Waals surface area contributed by atoms with E-state index in [1.165, 1.54) is 0 Å². The molecule has 5 atom stereocenters. The molecule has 0 amide bonds. The van der Waals surface area contributed by atoms with E-state index in [-0.39, 0.29) is 18.9 Å². The Bertz CT molecular complexity index is 294. The van der Waals surface area contributed by atoms with Crippen LogP contribution in [0.25, 0.3) is 0 Å². The number of aliphatic carboxylic acids is 1. The molecule has 3 N–H and O–H groups in total. The highest BCUT2D eigenvalue weighted by Crippen LogP contribution is 2.31. The van der Waals surface area contributed by atoms with Crippen molar-refractivity contribution in [3.63, 3.8) is 0 Å². The van der Waals surface area contributed by atoms with Crippen LogP contribution in [-0.4, -0.2) is 51.5 Å². The van der Waals surface area contributed by atoms with E-state index in [1.54, 1.807) is 20.8 Å². The first-order valence-corrected chi connectivity index (χ1v) is 6.18. The third-order valence-electron chi connectivity index (χ3n) is 3.23. The zero-order valence-electron chi connectivity index (χ0n) is 11.0. The van der Waals surface area contributed by atoms with Crippen LogP contribution in [0.2, 0.25) is 0 Å². The van der Waals surface area contributed by atoms with Crippen LogP contribution in [0.1, 0.15) is 40.0 Å². The molecule has 6 heteroatoms. The second-order valence-corrected chi connectivity index (χ2v) is 5.02. The van der Waals surface area contributed by atoms with E-state index >= 15 is 0 Å². The molecule has 3 unspecified atom stereocenters. The summed E-state index contributed by atoms with van der Waals surface area (Å²) in [5.74, 6) is -2.08. The predicted molar refractivity (Wildman–Crippen MR) is 63.0 cm³/mol. The maximum absolute atomic E-state index is 10.5. The van der Waals surface area contributed by atoms with Crippen molar-refractivity contribution in [3.05, 3.63) is 0 Å². The third-order valence-corrected chi connectivity index (χ3v) is 3.23. The fraction of sp³-hybridized carbons (Fsp3) is 0.917. The second kappa shape index (κ2) is 5.97. The van der Waals surface area contributed by atoms with Gasteiger partial charge in [-0.3, -0.25) is 4.79 Å². The molecular weight excluding hydrogens is 240 g/mol. The minimum Gasteiger partial charge on any atom is -0.481 e. The summed E-state index contributed by atoms with van der Waals surface area (Å²) in [6, 6.07) is 0. The van der Waals surface area contributed by atoms with Gasteiger partial charge in [0, 0.05) is 12.8 Å². The highest BCUT2D eigenvalue weighted by molar-refractivity contribution is 5.66. The number of ether oxygens (including phenoxy) is 2. The molecule has 1 saturated heterocycles. The van der Waals surface area contributed by atoms with Gasteiger partial charge >= 0.3 is 5.97 Å². The molecule has 0 aliphatic carbocycles. The van der Waals surface area contributed by atoms with Gasteiger partial charge < -0.3 is 24.8 Å². The fourth-order valence-corrected chi connectivity index (χ4v) is 2.05. The molecule has 106 valence electrons. The van der Waals surface area contributed by atoms with Gasteiger partial charge in [-0.25, -0.2) is 0 Å². The Balaban J connectivity index is 2.55. The summed E-state index contributed by atoms with van der Waals surface area (Å²) >= 11 is 0. The number of aliphatic hydroxyl groups is 2. The fourth-order valence-electron chi connectivity index (χ4n) is 2.05. The molecule has 0 bridgehead atoms. The summed E-state index contributed by atoms with van der Waals surface area (Å²) in [6.07, 6.45) is -1.89. The first kappa shape index (κ1) is 15.4. The monoisotopic (exact) mass is 262 g/mol. The lowest BCUT2D eigenvalue weighted by Gasteiger charge is -2.44. The minimum atomic E-state index is -1.20. The molecule has 1 aliphatic rings. The van der Waals surface area contributed by atoms with Gasteiger partial charge in [0.05, 0.1) is 18.3 Å². The van der Waals surface area contributed by atoms with Crippen molar-refractivity contribution in [3.8, 4) is 0 Å². The highest BCUT2D eigenvalue weighted by Gasteiger charge is 2.45. The summed E-state index contributed by atoms with van der Waals surface area (Å²) < 4.78 is 11.1. The summed E-state index contributed by atoms with van der Waals surface area (Å²) in [5, 5.41) is 28.1. The average Bonchev–Trinajstić information content (AvgIpc) is 2.24. The van der Waals surface area contributed by atoms with Gasteiger partial charge in [-0.05, 0) is 27.2 Å². The lowest BCUT2D eigenvalue weighted by molar-refractivity contribution is -0.338. The largest absolute Gasteiger partial charge is 0.481 e. The zero-order chi connectivity index (χ0) is 13.9. The number of hydrogen-bond donors (Lipinski definition) is 3. The number of hydrogen-bond acceptors (Lipinski definition) is 5. The number of carbonyl (C=O) groups is 1. The highest BCUT2D eigenvalue weighted by atomic mass is 16.7. The van der Waals surface area contributed by atoms with Crippen LogP contribution in [-0.2, 0) is 14.3 Å². The van der Waals surface area contributed by atoms with Gasteiger partial charge in [-0.2, -0.15) is 0 Å². The standard InChI is InChI=1S/C12H22O6/c1-7(4-5-11(15)16)17-12(3)10(14)6-9(13)8(2)18-12/h7-10,13-14H,4-6H2,1-3H3,(H,15,16)/t7-,8?,9-,10?,12?/m1/s1. The van der Waals surface area contributed by atoms with Gasteiger partial charge in [0.25, 0.3) is 0 Å². The topological polar surface area (TPSA) is 96.2 Å². The van der Waals surface area contributed by atoms with E-state index in [9.17, 15) is 15.0 Å². The zero-order valence-corrected chi connectivity index (χ0v) is 11.0. The molecule has 0 radical (unpaired) electrons. The number of aliphatic hydroxyl groups excluding tert-OH is 2. The predicted octanol–water partition coefficient (Wildman–Crippen LogP) is 0.503. The first-order valence-electron chi connectivity index (χ1n) is 6.18. The smallest absolute Gasteiger partial charge is 0.303 e. The molecule has 1 fully saturated rings. The SMILES string of the molecule is CC1OC(C)(O[C@H](C)CCC(=O)O)C(O)C[C@H]1O. The summed E-state index contributed by atoms with van der Waals surface area (Å²) in [4.78, 5) is 10.5. The molecule has 0 aromatic carbocycles. The van der Waals surface area contributed by atoms with Crippen LogP contribution in [0.15, 0.2) is 0 Å². The first-order chi connectivity index (χ1) is 8.24. The lowest BCUT2D eigenvalue weighted by Crippen LogP contribution is -2.56. The van der Waals surface area contributed by atoms with Crippen LogP contribution >= 0.6 is 0 Å². The van der Waals surface area contributed by atoms with E-state index in [4.69, 9.17) is 14.6 Å². The Morgan fingerprint density at radius 1 is 1.56 bits per heavy atom. The Hall–Kier alpha value is -0.690. The van der Waals surface area contributed by atoms with Crippen molar-refractivity contribution in [2.45, 2.75) is 70.2 Å². The maximum atomic E-state index is 10.5. The summed E-state index contributed by atoms with van der Waals surface area (Å²) in [6.45, 7) is 5.05. The van der Waals surface area contributed by atoms with Crippen molar-refractivity contribution in [1.29, 1.82) is 0 Å². The van der Waals surface area contributed by atoms with E-state index in [1.807, 2.05) is 0 Å². The molecule has 0 aromatic rings. The molecule has 1 aliphatic heterocycles. The normalized spacial score (nSPS) is 38.4. The Kier molecular flexibility index (Phi) is 5.10. The number of carboxylic acids is 1. The van der Waals surface area contributed by atoms with Crippen molar-refractivity contribution in [1.82, 2.24) is 0 Å². The average molecular weight is 262 g/mol. The molecule has 18 heavy (non-hydrogen) atoms. The Morgan fingerprint density at radius 2 is 2.17 bits per heavy atom. The lowest BCUT2D eigenvalue weighted by atomic mass is 9.97. The van der Waals surface area contributed by atoms with Crippen LogP contribution < -0.4 is 0 Å². The summed E-state index contributed by atoms with van der Waals surface area (Å²) in [7, 11) is 0. The van der Waals surface area contributed by atoms with E-state index in [2.05, 4.69) is 0 Å².